The van der Waals surface area contributed by atoms with Gasteiger partial charge in [0.05, 0.1) is 22.2 Å². The Morgan fingerprint density at radius 2 is 1.91 bits per heavy atom. The van der Waals surface area contributed by atoms with Crippen LogP contribution in [0.2, 0.25) is 5.02 Å². The fourth-order valence-electron chi connectivity index (χ4n) is 8.28. The molecule has 5 aliphatic rings. The van der Waals surface area contributed by atoms with Crippen molar-refractivity contribution < 1.29 is 36.5 Å². The summed E-state index contributed by atoms with van der Waals surface area (Å²) < 4.78 is 86.9. The van der Waals surface area contributed by atoms with Crippen LogP contribution >= 0.6 is 11.6 Å². The van der Waals surface area contributed by atoms with Gasteiger partial charge in [-0.05, 0) is 44.4 Å². The predicted octanol–water partition coefficient (Wildman–Crippen LogP) is 5.69. The molecule has 9 nitrogen and oxygen atoms in total. The number of rotatable bonds is 4. The van der Waals surface area contributed by atoms with E-state index in [4.69, 9.17) is 31.8 Å². The Bertz CT molecular complexity index is 1770. The molecule has 2 atom stereocenters. The van der Waals surface area contributed by atoms with Crippen LogP contribution in [0.5, 0.6) is 11.9 Å². The maximum atomic E-state index is 16.8. The fraction of sp³-hybridized carbons (Fsp3) is 0.581. The number of nitrogen functional groups attached to an aromatic ring is 1. The number of alkyl halides is 4. The van der Waals surface area contributed by atoms with Gasteiger partial charge in [-0.3, -0.25) is 4.90 Å². The molecule has 3 N–H and O–H groups in total. The number of halogens is 6. The van der Waals surface area contributed by atoms with E-state index >= 15 is 4.39 Å². The number of anilines is 2. The smallest absolute Gasteiger partial charge is 0.418 e. The first-order valence-electron chi connectivity index (χ1n) is 15.4. The lowest BCUT2D eigenvalue weighted by atomic mass is 9.72. The molecule has 0 bridgehead atoms. The molecule has 2 saturated carbocycles. The second-order valence-electron chi connectivity index (χ2n) is 13.7. The standard InChI is InChI=1S/C31H32ClF5N6O3/c1-42-25-20-24(40-27(41-25)45-14-29-3-2-6-43(29)12-15(33)9-29)22(34)23(18-7-16(38)8-19(32)21(18)31(35,36)37)39-26(20)46-30(10-17(44)11-30)13-28(42)4-5-28/h7-8,15,17,44H,2-6,9-14,38H2,1H3/t15-,17?,29+,30?/m1/s1. The van der Waals surface area contributed by atoms with Crippen LogP contribution in [0.25, 0.3) is 22.2 Å². The van der Waals surface area contributed by atoms with Crippen molar-refractivity contribution >= 4 is 34.0 Å². The summed E-state index contributed by atoms with van der Waals surface area (Å²) in [5.41, 5.74) is 0.947. The predicted molar refractivity (Wildman–Crippen MR) is 159 cm³/mol. The van der Waals surface area contributed by atoms with Gasteiger partial charge in [0.15, 0.2) is 5.82 Å². The second-order valence-corrected chi connectivity index (χ2v) is 14.1. The summed E-state index contributed by atoms with van der Waals surface area (Å²) in [6.45, 7) is 1.12. The second kappa shape index (κ2) is 9.89. The molecule has 0 radical (unpaired) electrons. The Kier molecular flexibility index (Phi) is 6.48. The number of ether oxygens (including phenoxy) is 2. The van der Waals surface area contributed by atoms with E-state index in [1.807, 2.05) is 11.9 Å². The Hall–Kier alpha value is -3.23. The minimum absolute atomic E-state index is 0.0696. The molecule has 2 saturated heterocycles. The Morgan fingerprint density at radius 3 is 2.61 bits per heavy atom. The summed E-state index contributed by atoms with van der Waals surface area (Å²) >= 11 is 6.04. The first kappa shape index (κ1) is 30.1. The van der Waals surface area contributed by atoms with Gasteiger partial charge >= 0.3 is 12.2 Å². The lowest BCUT2D eigenvalue weighted by Crippen LogP contribution is -2.57. The molecule has 5 heterocycles. The highest BCUT2D eigenvalue weighted by atomic mass is 35.5. The van der Waals surface area contributed by atoms with Crippen molar-refractivity contribution in [2.24, 2.45) is 0 Å². The van der Waals surface area contributed by atoms with E-state index in [9.17, 15) is 22.7 Å². The van der Waals surface area contributed by atoms with Crippen LogP contribution in [0.4, 0.5) is 33.5 Å². The van der Waals surface area contributed by atoms with Gasteiger partial charge < -0.3 is 25.2 Å². The van der Waals surface area contributed by atoms with E-state index < -0.39 is 62.8 Å². The van der Waals surface area contributed by atoms with Crippen molar-refractivity contribution in [3.63, 3.8) is 0 Å². The topological polar surface area (TPSA) is 110 Å². The zero-order valence-electron chi connectivity index (χ0n) is 24.9. The number of hydrogen-bond acceptors (Lipinski definition) is 9. The first-order valence-corrected chi connectivity index (χ1v) is 15.8. The Balaban J connectivity index is 1.34. The summed E-state index contributed by atoms with van der Waals surface area (Å²) in [4.78, 5) is 17.5. The maximum absolute atomic E-state index is 16.8. The molecule has 3 aliphatic heterocycles. The van der Waals surface area contributed by atoms with Gasteiger partial charge in [0.1, 0.15) is 40.8 Å². The molecule has 2 aliphatic carbocycles. The number of aromatic nitrogens is 3. The zero-order chi connectivity index (χ0) is 32.4. The molecule has 15 heteroatoms. The van der Waals surface area contributed by atoms with Crippen molar-refractivity contribution in [2.75, 3.05) is 37.4 Å². The van der Waals surface area contributed by atoms with Crippen LogP contribution in [0.15, 0.2) is 12.1 Å². The van der Waals surface area contributed by atoms with Crippen LogP contribution in [0.3, 0.4) is 0 Å². The average molecular weight is 667 g/mol. The highest BCUT2D eigenvalue weighted by Gasteiger charge is 2.59. The lowest BCUT2D eigenvalue weighted by Gasteiger charge is -2.49. The van der Waals surface area contributed by atoms with Gasteiger partial charge in [-0.25, -0.2) is 13.8 Å². The minimum Gasteiger partial charge on any atom is -0.470 e. The third kappa shape index (κ3) is 4.57. The summed E-state index contributed by atoms with van der Waals surface area (Å²) in [5.74, 6) is -1.06. The first-order chi connectivity index (χ1) is 21.7. The van der Waals surface area contributed by atoms with Gasteiger partial charge in [0, 0.05) is 56.1 Å². The molecule has 4 fully saturated rings. The maximum Gasteiger partial charge on any atom is 0.418 e. The molecule has 0 unspecified atom stereocenters. The number of hydrogen-bond donors (Lipinski definition) is 2. The number of nitrogens with two attached hydrogens (primary N) is 1. The molecule has 2 aromatic heterocycles. The van der Waals surface area contributed by atoms with E-state index in [-0.39, 0.29) is 53.7 Å². The normalized spacial score (nSPS) is 29.9. The van der Waals surface area contributed by atoms with E-state index in [1.165, 1.54) is 0 Å². The van der Waals surface area contributed by atoms with E-state index in [0.717, 1.165) is 44.4 Å². The number of pyridine rings is 1. The van der Waals surface area contributed by atoms with Gasteiger partial charge in [-0.2, -0.15) is 23.1 Å². The number of nitrogens with zero attached hydrogens (tertiary/aromatic N) is 5. The molecular weight excluding hydrogens is 635 g/mol. The van der Waals surface area contributed by atoms with Gasteiger partial charge in [0.25, 0.3) is 0 Å². The van der Waals surface area contributed by atoms with Crippen LogP contribution in [-0.4, -0.2) is 80.7 Å². The summed E-state index contributed by atoms with van der Waals surface area (Å²) in [7, 11) is 1.82. The van der Waals surface area contributed by atoms with Crippen molar-refractivity contribution in [3.8, 4) is 23.1 Å². The van der Waals surface area contributed by atoms with Crippen molar-refractivity contribution in [3.05, 3.63) is 28.5 Å². The Morgan fingerprint density at radius 1 is 1.15 bits per heavy atom. The van der Waals surface area contributed by atoms with Crippen LogP contribution in [-0.2, 0) is 6.18 Å². The number of fused-ring (bicyclic) bond motifs is 1. The van der Waals surface area contributed by atoms with E-state index in [2.05, 4.69) is 14.9 Å². The van der Waals surface area contributed by atoms with E-state index in [0.29, 0.717) is 19.4 Å². The average Bonchev–Trinajstić information content (AvgIpc) is 3.52. The molecular formula is C31H32ClF5N6O3. The highest BCUT2D eigenvalue weighted by Crippen LogP contribution is 2.57. The van der Waals surface area contributed by atoms with Crippen LogP contribution in [0.1, 0.15) is 56.9 Å². The number of aliphatic hydroxyl groups is 1. The Labute approximate surface area is 265 Å². The van der Waals surface area contributed by atoms with Gasteiger partial charge in [0.2, 0.25) is 5.88 Å². The fourth-order valence-corrected chi connectivity index (χ4v) is 8.62. The molecule has 2 spiro atoms. The van der Waals surface area contributed by atoms with Crippen molar-refractivity contribution in [1.82, 2.24) is 19.9 Å². The third-order valence-corrected chi connectivity index (χ3v) is 10.9. The summed E-state index contributed by atoms with van der Waals surface area (Å²) in [6, 6.07) is 1.73. The third-order valence-electron chi connectivity index (χ3n) is 10.6. The quantitative estimate of drug-likeness (QED) is 0.268. The van der Waals surface area contributed by atoms with Gasteiger partial charge in [-0.15, -0.1) is 0 Å². The molecule has 46 heavy (non-hydrogen) atoms. The SMILES string of the molecule is CN1c2nc(OC[C@@]34CCCN3C[C@H](F)C4)nc3c(F)c(-c4cc(N)cc(Cl)c4C(F)(F)F)nc(c23)OC2(CC(O)C2)CC12CC2. The van der Waals surface area contributed by atoms with Crippen LogP contribution in [0, 0.1) is 5.82 Å². The van der Waals surface area contributed by atoms with Crippen molar-refractivity contribution in [1.29, 1.82) is 0 Å². The van der Waals surface area contributed by atoms with Crippen LogP contribution < -0.4 is 20.1 Å². The minimum atomic E-state index is -4.97. The molecule has 1 aromatic carbocycles. The lowest BCUT2D eigenvalue weighted by molar-refractivity contribution is -0.137. The van der Waals surface area contributed by atoms with E-state index in [1.54, 1.807) is 0 Å². The number of benzene rings is 1. The summed E-state index contributed by atoms with van der Waals surface area (Å²) in [6.07, 6.45) is -2.04. The largest absolute Gasteiger partial charge is 0.470 e. The number of aliphatic hydroxyl groups excluding tert-OH is 1. The molecule has 8 rings (SSSR count). The zero-order valence-corrected chi connectivity index (χ0v) is 25.7. The summed E-state index contributed by atoms with van der Waals surface area (Å²) in [5, 5.41) is 9.68. The van der Waals surface area contributed by atoms with Crippen molar-refractivity contribution in [2.45, 2.75) is 86.5 Å². The molecule has 246 valence electrons. The van der Waals surface area contributed by atoms with Gasteiger partial charge in [-0.1, -0.05) is 11.6 Å². The molecule has 0 amide bonds. The monoisotopic (exact) mass is 666 g/mol. The molecule has 3 aromatic rings. The highest BCUT2D eigenvalue weighted by molar-refractivity contribution is 6.32.